The van der Waals surface area contributed by atoms with E-state index in [0.29, 0.717) is 18.7 Å². The second-order valence-corrected chi connectivity index (χ2v) is 10.0. The van der Waals surface area contributed by atoms with Crippen molar-refractivity contribution in [3.8, 4) is 5.75 Å². The second-order valence-electron chi connectivity index (χ2n) is 6.90. The summed E-state index contributed by atoms with van der Waals surface area (Å²) < 4.78 is 34.6. The molecule has 1 aromatic carbocycles. The first-order valence-corrected chi connectivity index (χ1v) is 11.3. The number of carbonyl (C=O) groups is 2. The molecule has 1 fully saturated rings. The Morgan fingerprint density at radius 1 is 1.30 bits per heavy atom. The van der Waals surface area contributed by atoms with Crippen LogP contribution in [0.5, 0.6) is 5.75 Å². The summed E-state index contributed by atoms with van der Waals surface area (Å²) in [6.45, 7) is 3.57. The summed E-state index contributed by atoms with van der Waals surface area (Å²) in [5.74, 6) is -0.322. The lowest BCUT2D eigenvalue weighted by Crippen LogP contribution is -2.45. The maximum Gasteiger partial charge on any atom is 0.344 e. The van der Waals surface area contributed by atoms with E-state index in [9.17, 15) is 18.0 Å². The van der Waals surface area contributed by atoms with E-state index in [-0.39, 0.29) is 36.0 Å². The zero-order valence-electron chi connectivity index (χ0n) is 15.4. The largest absolute Gasteiger partial charge is 0.482 e. The summed E-state index contributed by atoms with van der Waals surface area (Å²) >= 11 is 3.31. The van der Waals surface area contributed by atoms with Crippen molar-refractivity contribution in [1.82, 2.24) is 4.90 Å². The van der Waals surface area contributed by atoms with E-state index in [1.807, 2.05) is 19.9 Å². The average molecular weight is 462 g/mol. The van der Waals surface area contributed by atoms with Crippen LogP contribution < -0.4 is 4.74 Å². The third-order valence-corrected chi connectivity index (χ3v) is 6.28. The third-order valence-electron chi connectivity index (χ3n) is 4.04. The van der Waals surface area contributed by atoms with Crippen LogP contribution in [0.4, 0.5) is 0 Å². The fraction of sp³-hybridized carbons (Fsp3) is 0.556. The van der Waals surface area contributed by atoms with Crippen LogP contribution in [0.3, 0.4) is 0 Å². The molecule has 0 saturated carbocycles. The molecule has 0 aromatic heterocycles. The Morgan fingerprint density at radius 3 is 2.63 bits per heavy atom. The molecule has 0 N–H and O–H groups in total. The van der Waals surface area contributed by atoms with Gasteiger partial charge in [0, 0.05) is 17.1 Å². The molecule has 1 amide bonds. The Bertz CT molecular complexity index is 780. The van der Waals surface area contributed by atoms with Crippen molar-refractivity contribution < 1.29 is 27.5 Å². The molecule has 0 bridgehead atoms. The van der Waals surface area contributed by atoms with Crippen LogP contribution in [0.1, 0.15) is 20.3 Å². The van der Waals surface area contributed by atoms with Gasteiger partial charge in [-0.15, -0.1) is 0 Å². The first-order valence-electron chi connectivity index (χ1n) is 8.70. The van der Waals surface area contributed by atoms with Crippen molar-refractivity contribution in [2.24, 2.45) is 5.92 Å². The number of benzene rings is 1. The van der Waals surface area contributed by atoms with E-state index < -0.39 is 22.4 Å². The van der Waals surface area contributed by atoms with E-state index in [1.165, 1.54) is 4.90 Å². The average Bonchev–Trinajstić information content (AvgIpc) is 2.95. The SMILES string of the molecule is CC(C)CN(C(=O)COC(=O)COc1cccc(Br)c1)C1CCS(=O)(=O)C1. The standard InChI is InChI=1S/C18H24BrNO6S/c1-13(2)9-20(15-6-7-27(23,24)12-15)17(21)10-26-18(22)11-25-16-5-3-4-14(19)8-16/h3-5,8,13,15H,6-7,9-12H2,1-2H3. The zero-order valence-corrected chi connectivity index (χ0v) is 17.8. The highest BCUT2D eigenvalue weighted by Crippen LogP contribution is 2.20. The number of carbonyl (C=O) groups excluding carboxylic acids is 2. The van der Waals surface area contributed by atoms with Crippen LogP contribution >= 0.6 is 15.9 Å². The van der Waals surface area contributed by atoms with Crippen molar-refractivity contribution >= 4 is 37.6 Å². The number of hydrogen-bond acceptors (Lipinski definition) is 6. The van der Waals surface area contributed by atoms with E-state index in [1.54, 1.807) is 18.2 Å². The molecular weight excluding hydrogens is 438 g/mol. The quantitative estimate of drug-likeness (QED) is 0.550. The van der Waals surface area contributed by atoms with Crippen molar-refractivity contribution in [3.63, 3.8) is 0 Å². The molecule has 2 rings (SSSR count). The Labute approximate surface area is 168 Å². The van der Waals surface area contributed by atoms with E-state index in [0.717, 1.165) is 4.47 Å². The van der Waals surface area contributed by atoms with Gasteiger partial charge in [0.25, 0.3) is 5.91 Å². The number of halogens is 1. The molecule has 0 spiro atoms. The minimum absolute atomic E-state index is 0.0363. The van der Waals surface area contributed by atoms with E-state index >= 15 is 0 Å². The molecule has 1 atom stereocenters. The van der Waals surface area contributed by atoms with Crippen LogP contribution in [0, 0.1) is 5.92 Å². The molecule has 0 radical (unpaired) electrons. The number of rotatable bonds is 8. The summed E-state index contributed by atoms with van der Waals surface area (Å²) in [4.78, 5) is 25.9. The minimum Gasteiger partial charge on any atom is -0.482 e. The van der Waals surface area contributed by atoms with E-state index in [4.69, 9.17) is 9.47 Å². The molecular formula is C18H24BrNO6S. The van der Waals surface area contributed by atoms with Crippen LogP contribution in [0.25, 0.3) is 0 Å². The van der Waals surface area contributed by atoms with Gasteiger partial charge < -0.3 is 14.4 Å². The molecule has 1 unspecified atom stereocenters. The fourth-order valence-corrected chi connectivity index (χ4v) is 4.94. The van der Waals surface area contributed by atoms with Gasteiger partial charge in [-0.1, -0.05) is 35.8 Å². The number of ether oxygens (including phenoxy) is 2. The number of sulfone groups is 1. The van der Waals surface area contributed by atoms with Gasteiger partial charge >= 0.3 is 5.97 Å². The highest BCUT2D eigenvalue weighted by atomic mass is 79.9. The topological polar surface area (TPSA) is 90.0 Å². The lowest BCUT2D eigenvalue weighted by molar-refractivity contribution is -0.154. The molecule has 150 valence electrons. The molecule has 1 aliphatic heterocycles. The Morgan fingerprint density at radius 2 is 2.04 bits per heavy atom. The van der Waals surface area contributed by atoms with Crippen LogP contribution in [-0.4, -0.2) is 62.5 Å². The minimum atomic E-state index is -3.11. The summed E-state index contributed by atoms with van der Waals surface area (Å²) in [7, 11) is -3.11. The lowest BCUT2D eigenvalue weighted by Gasteiger charge is -2.29. The van der Waals surface area contributed by atoms with Gasteiger partial charge in [-0.2, -0.15) is 0 Å². The predicted molar refractivity (Wildman–Crippen MR) is 104 cm³/mol. The maximum absolute atomic E-state index is 12.5. The first-order chi connectivity index (χ1) is 12.7. The second kappa shape index (κ2) is 9.54. The van der Waals surface area contributed by atoms with Crippen LogP contribution in [0.2, 0.25) is 0 Å². The van der Waals surface area contributed by atoms with Gasteiger partial charge in [0.2, 0.25) is 0 Å². The van der Waals surface area contributed by atoms with Crippen molar-refractivity contribution in [3.05, 3.63) is 28.7 Å². The summed E-state index contributed by atoms with van der Waals surface area (Å²) in [5, 5.41) is 0. The molecule has 7 nitrogen and oxygen atoms in total. The Balaban J connectivity index is 1.86. The summed E-state index contributed by atoms with van der Waals surface area (Å²) in [6.07, 6.45) is 0.417. The molecule has 1 aliphatic rings. The highest BCUT2D eigenvalue weighted by Gasteiger charge is 2.35. The number of hydrogen-bond donors (Lipinski definition) is 0. The fourth-order valence-electron chi connectivity index (χ4n) is 2.83. The van der Waals surface area contributed by atoms with Gasteiger partial charge in [-0.05, 0) is 30.5 Å². The van der Waals surface area contributed by atoms with Crippen molar-refractivity contribution in [1.29, 1.82) is 0 Å². The van der Waals surface area contributed by atoms with Gasteiger partial charge in [-0.25, -0.2) is 13.2 Å². The smallest absolute Gasteiger partial charge is 0.344 e. The van der Waals surface area contributed by atoms with Gasteiger partial charge in [0.05, 0.1) is 11.5 Å². The van der Waals surface area contributed by atoms with E-state index in [2.05, 4.69) is 15.9 Å². The number of nitrogens with zero attached hydrogens (tertiary/aromatic N) is 1. The summed E-state index contributed by atoms with van der Waals surface area (Å²) in [6, 6.07) is 6.66. The molecule has 0 aliphatic carbocycles. The van der Waals surface area contributed by atoms with Gasteiger partial charge in [0.15, 0.2) is 23.1 Å². The van der Waals surface area contributed by atoms with Gasteiger partial charge in [0.1, 0.15) is 5.75 Å². The zero-order chi connectivity index (χ0) is 20.0. The molecule has 1 aromatic rings. The molecule has 9 heteroatoms. The maximum atomic E-state index is 12.5. The molecule has 1 saturated heterocycles. The normalized spacial score (nSPS) is 18.3. The number of esters is 1. The summed E-state index contributed by atoms with van der Waals surface area (Å²) in [5.41, 5.74) is 0. The van der Waals surface area contributed by atoms with Crippen LogP contribution in [-0.2, 0) is 24.2 Å². The molecule has 1 heterocycles. The predicted octanol–water partition coefficient (Wildman–Crippen LogP) is 2.04. The van der Waals surface area contributed by atoms with Gasteiger partial charge in [-0.3, -0.25) is 4.79 Å². The molecule has 27 heavy (non-hydrogen) atoms. The van der Waals surface area contributed by atoms with Crippen molar-refractivity contribution in [2.75, 3.05) is 31.3 Å². The lowest BCUT2D eigenvalue weighted by atomic mass is 10.1. The Kier molecular flexibility index (Phi) is 7.67. The van der Waals surface area contributed by atoms with Crippen LogP contribution in [0.15, 0.2) is 28.7 Å². The number of amides is 1. The highest BCUT2D eigenvalue weighted by molar-refractivity contribution is 9.10. The Hall–Kier alpha value is -1.61. The first kappa shape index (κ1) is 21.7. The monoisotopic (exact) mass is 461 g/mol. The van der Waals surface area contributed by atoms with Crippen molar-refractivity contribution in [2.45, 2.75) is 26.3 Å². The third kappa shape index (κ3) is 7.14.